The van der Waals surface area contributed by atoms with E-state index < -0.39 is 53.1 Å². The predicted octanol–water partition coefficient (Wildman–Crippen LogP) is 2.55. The van der Waals surface area contributed by atoms with Crippen LogP contribution in [0.1, 0.15) is 94.2 Å². The van der Waals surface area contributed by atoms with Crippen molar-refractivity contribution in [2.24, 2.45) is 5.11 Å². The third-order valence-corrected chi connectivity index (χ3v) is 8.25. The van der Waals surface area contributed by atoms with Crippen molar-refractivity contribution < 1.29 is 28.5 Å². The second-order valence-corrected chi connectivity index (χ2v) is 11.9. The van der Waals surface area contributed by atoms with Crippen molar-refractivity contribution >= 4 is 11.9 Å². The molecule has 17 nitrogen and oxygen atoms in total. The smallest absolute Gasteiger partial charge is 0.330 e. The Morgan fingerprint density at radius 3 is 1.94 bits per heavy atom. The molecule has 0 aliphatic carbocycles. The van der Waals surface area contributed by atoms with Gasteiger partial charge in [0.2, 0.25) is 0 Å². The molecule has 0 saturated carbocycles. The highest BCUT2D eigenvalue weighted by Gasteiger charge is 2.37. The number of ether oxygens (including phenoxy) is 4. The summed E-state index contributed by atoms with van der Waals surface area (Å²) in [5.41, 5.74) is 7.56. The summed E-state index contributed by atoms with van der Waals surface area (Å²) in [5.74, 6) is -0.715. The van der Waals surface area contributed by atoms with Crippen LogP contribution in [0.4, 0.5) is 0 Å². The van der Waals surface area contributed by atoms with Gasteiger partial charge >= 0.3 is 23.3 Å². The number of rotatable bonds is 16. The van der Waals surface area contributed by atoms with Gasteiger partial charge in [0.1, 0.15) is 31.8 Å². The van der Waals surface area contributed by atoms with E-state index in [1.54, 1.807) is 13.8 Å². The predicted molar refractivity (Wildman–Crippen MR) is 166 cm³/mol. The van der Waals surface area contributed by atoms with E-state index in [4.69, 9.17) is 24.5 Å². The monoisotopic (exact) mass is 659 g/mol. The summed E-state index contributed by atoms with van der Waals surface area (Å²) in [6.07, 6.45) is 7.17. The molecular formula is C30H41N7O10. The quantitative estimate of drug-likeness (QED) is 0.0879. The van der Waals surface area contributed by atoms with Crippen LogP contribution in [0.15, 0.2) is 36.7 Å². The summed E-state index contributed by atoms with van der Waals surface area (Å²) in [7, 11) is 0. The molecule has 2 fully saturated rings. The third kappa shape index (κ3) is 10.0. The number of nitrogens with one attached hydrogen (secondary N) is 2. The minimum atomic E-state index is -0.777. The van der Waals surface area contributed by atoms with Crippen LogP contribution in [-0.4, -0.2) is 62.5 Å². The zero-order valence-electron chi connectivity index (χ0n) is 26.6. The summed E-state index contributed by atoms with van der Waals surface area (Å²) in [6, 6.07) is -0.650. The summed E-state index contributed by atoms with van der Waals surface area (Å²) in [6.45, 7) is 3.15. The van der Waals surface area contributed by atoms with Gasteiger partial charge in [-0.15, -0.1) is 0 Å². The Labute approximate surface area is 268 Å². The number of aryl methyl sites for hydroxylation is 2. The maximum atomic E-state index is 12.3. The molecule has 47 heavy (non-hydrogen) atoms. The minimum Gasteiger partial charge on any atom is -0.463 e. The van der Waals surface area contributed by atoms with Gasteiger partial charge in [0.15, 0.2) is 0 Å². The molecule has 5 atom stereocenters. The van der Waals surface area contributed by atoms with Crippen LogP contribution >= 0.6 is 0 Å². The van der Waals surface area contributed by atoms with E-state index >= 15 is 0 Å². The number of carbonyl (C=O) groups excluding carboxylic acids is 2. The van der Waals surface area contributed by atoms with E-state index in [1.165, 1.54) is 21.5 Å². The van der Waals surface area contributed by atoms with Crippen molar-refractivity contribution in [2.75, 3.05) is 13.2 Å². The highest BCUT2D eigenvalue weighted by atomic mass is 16.6. The largest absolute Gasteiger partial charge is 0.463 e. The Kier molecular flexibility index (Phi) is 12.7. The van der Waals surface area contributed by atoms with E-state index in [1.807, 2.05) is 0 Å². The lowest BCUT2D eigenvalue weighted by molar-refractivity contribution is -0.149. The number of aromatic amines is 2. The molecule has 2 aliphatic heterocycles. The number of hydrogen-bond donors (Lipinski definition) is 2. The first-order valence-corrected chi connectivity index (χ1v) is 15.9. The standard InChI is InChI=1S/C30H41N7O10/c1-18-14-36(29(42)32-27(18)40)23-12-11-20(46-23)16-44-25(38)9-7-5-3-4-6-8-10-26(39)45-17-22-21(34-35-31)13-24(47-22)37-15-19(2)28(41)33-30(37)43/h14-15,20-24H,3-13,16-17H2,1-2H3,(H,32,40,42)(H,33,41,43)/t20-,21+,22-,23+,24-/m1/s1. The average molecular weight is 660 g/mol. The molecule has 0 unspecified atom stereocenters. The Hall–Kier alpha value is -4.47. The Morgan fingerprint density at radius 2 is 1.36 bits per heavy atom. The topological polar surface area (TPSA) is 230 Å². The maximum absolute atomic E-state index is 12.3. The number of esters is 2. The number of H-pyrrole nitrogens is 2. The molecule has 2 aromatic heterocycles. The molecule has 0 spiro atoms. The molecule has 0 aromatic carbocycles. The van der Waals surface area contributed by atoms with Gasteiger partial charge in [-0.25, -0.2) is 9.59 Å². The van der Waals surface area contributed by atoms with Crippen molar-refractivity contribution in [3.05, 3.63) is 75.6 Å². The van der Waals surface area contributed by atoms with Crippen molar-refractivity contribution in [1.29, 1.82) is 0 Å². The van der Waals surface area contributed by atoms with Crippen LogP contribution in [0.5, 0.6) is 0 Å². The lowest BCUT2D eigenvalue weighted by Crippen LogP contribution is -2.33. The molecule has 4 heterocycles. The summed E-state index contributed by atoms with van der Waals surface area (Å²) >= 11 is 0. The zero-order chi connectivity index (χ0) is 33.9. The summed E-state index contributed by atoms with van der Waals surface area (Å²) < 4.78 is 25.0. The molecule has 0 bridgehead atoms. The van der Waals surface area contributed by atoms with Crippen LogP contribution in [0.3, 0.4) is 0 Å². The van der Waals surface area contributed by atoms with E-state index in [0.717, 1.165) is 25.7 Å². The second kappa shape index (κ2) is 16.9. The first-order valence-electron chi connectivity index (χ1n) is 15.9. The minimum absolute atomic E-state index is 0.108. The van der Waals surface area contributed by atoms with Crippen molar-refractivity contribution in [1.82, 2.24) is 19.1 Å². The number of unbranched alkanes of at least 4 members (excludes halogenated alkanes) is 5. The first kappa shape index (κ1) is 35.4. The maximum Gasteiger partial charge on any atom is 0.330 e. The molecule has 17 heteroatoms. The molecule has 4 rings (SSSR count). The number of hydrogen-bond acceptors (Lipinski definition) is 11. The number of aromatic nitrogens is 4. The van der Waals surface area contributed by atoms with Gasteiger partial charge in [-0.2, -0.15) is 0 Å². The van der Waals surface area contributed by atoms with Gasteiger partial charge in [-0.1, -0.05) is 30.8 Å². The Balaban J connectivity index is 1.04. The Morgan fingerprint density at radius 1 is 0.830 bits per heavy atom. The van der Waals surface area contributed by atoms with Crippen LogP contribution < -0.4 is 22.5 Å². The van der Waals surface area contributed by atoms with Crippen LogP contribution in [0.2, 0.25) is 0 Å². The number of nitrogens with zero attached hydrogens (tertiary/aromatic N) is 5. The summed E-state index contributed by atoms with van der Waals surface area (Å²) in [4.78, 5) is 79.3. The molecule has 2 saturated heterocycles. The van der Waals surface area contributed by atoms with Crippen molar-refractivity contribution in [3.63, 3.8) is 0 Å². The SMILES string of the molecule is Cc1cn([C@@H]2CC[C@H](COC(=O)CCCCCCCCC(=O)OC[C@H]3O[C@@H](n4cc(C)c(=O)[nH]c4=O)C[C@@H]3N=[N+]=[N-])O2)c(=O)[nH]c1=O. The molecule has 2 N–H and O–H groups in total. The number of azide groups is 1. The van der Waals surface area contributed by atoms with E-state index in [0.29, 0.717) is 43.2 Å². The number of carbonyl (C=O) groups is 2. The highest BCUT2D eigenvalue weighted by Crippen LogP contribution is 2.30. The molecule has 0 radical (unpaired) electrons. The lowest BCUT2D eigenvalue weighted by Gasteiger charge is -2.17. The van der Waals surface area contributed by atoms with Crippen LogP contribution in [0, 0.1) is 13.8 Å². The van der Waals surface area contributed by atoms with E-state index in [9.17, 15) is 28.8 Å². The van der Waals surface area contributed by atoms with Crippen LogP contribution in [-0.2, 0) is 28.5 Å². The van der Waals surface area contributed by atoms with Gasteiger partial charge in [0.25, 0.3) is 11.1 Å². The second-order valence-electron chi connectivity index (χ2n) is 11.9. The molecule has 256 valence electrons. The van der Waals surface area contributed by atoms with E-state index in [-0.39, 0.29) is 38.1 Å². The summed E-state index contributed by atoms with van der Waals surface area (Å²) in [5, 5.41) is 3.72. The highest BCUT2D eigenvalue weighted by molar-refractivity contribution is 5.69. The van der Waals surface area contributed by atoms with Crippen LogP contribution in [0.25, 0.3) is 10.4 Å². The third-order valence-electron chi connectivity index (χ3n) is 8.25. The normalized spacial score (nSPS) is 22.1. The zero-order valence-corrected chi connectivity index (χ0v) is 26.6. The van der Waals surface area contributed by atoms with Crippen molar-refractivity contribution in [2.45, 2.75) is 115 Å². The fourth-order valence-electron chi connectivity index (χ4n) is 5.59. The molecule has 2 aromatic rings. The van der Waals surface area contributed by atoms with Gasteiger partial charge in [-0.3, -0.25) is 38.3 Å². The molecule has 2 aliphatic rings. The lowest BCUT2D eigenvalue weighted by atomic mass is 10.1. The Bertz CT molecular complexity index is 1690. The fourth-order valence-corrected chi connectivity index (χ4v) is 5.59. The van der Waals surface area contributed by atoms with Gasteiger partial charge in [-0.05, 0) is 45.1 Å². The van der Waals surface area contributed by atoms with Gasteiger partial charge in [0, 0.05) is 47.7 Å². The van der Waals surface area contributed by atoms with Gasteiger partial charge < -0.3 is 18.9 Å². The van der Waals surface area contributed by atoms with E-state index in [2.05, 4.69) is 20.0 Å². The first-order chi connectivity index (χ1) is 22.5. The van der Waals surface area contributed by atoms with Gasteiger partial charge in [0.05, 0.1) is 12.1 Å². The molecular weight excluding hydrogens is 618 g/mol. The average Bonchev–Trinajstić information content (AvgIpc) is 3.67. The van der Waals surface area contributed by atoms with Crippen molar-refractivity contribution in [3.8, 4) is 0 Å². The molecule has 0 amide bonds. The fraction of sp³-hybridized carbons (Fsp3) is 0.667.